The molecule has 1 unspecified atom stereocenters. The third-order valence-corrected chi connectivity index (χ3v) is 4.04. The van der Waals surface area contributed by atoms with E-state index in [1.54, 1.807) is 10.9 Å². The Kier molecular flexibility index (Phi) is 4.32. The smallest absolute Gasteiger partial charge is 0.159 e. The summed E-state index contributed by atoms with van der Waals surface area (Å²) in [7, 11) is 3.98. The molecule has 1 fully saturated rings. The number of hydrogen-bond donors (Lipinski definition) is 1. The topological polar surface area (TPSA) is 70.3 Å². The number of hydrogen-bond acceptors (Lipinski definition) is 6. The van der Waals surface area contributed by atoms with Gasteiger partial charge in [0.15, 0.2) is 5.82 Å². The van der Waals surface area contributed by atoms with Crippen LogP contribution < -0.4 is 4.90 Å². The van der Waals surface area contributed by atoms with Crippen LogP contribution in [0.1, 0.15) is 18.7 Å². The van der Waals surface area contributed by atoms with Crippen molar-refractivity contribution in [2.75, 3.05) is 38.6 Å². The number of aryl methyl sites for hydroxylation is 1. The molecule has 1 saturated heterocycles. The van der Waals surface area contributed by atoms with Crippen LogP contribution in [0.15, 0.2) is 24.5 Å². The van der Waals surface area contributed by atoms with Gasteiger partial charge in [0.1, 0.15) is 11.6 Å². The van der Waals surface area contributed by atoms with Gasteiger partial charge in [0, 0.05) is 38.1 Å². The van der Waals surface area contributed by atoms with Crippen LogP contribution in [0.4, 0.5) is 5.82 Å². The molecular formula is C16H24N6O. The van der Waals surface area contributed by atoms with Gasteiger partial charge in [-0.25, -0.2) is 14.6 Å². The molecule has 1 aliphatic rings. The molecule has 0 aromatic carbocycles. The number of anilines is 1. The highest BCUT2D eigenvalue weighted by Crippen LogP contribution is 2.26. The highest BCUT2D eigenvalue weighted by atomic mass is 16.3. The van der Waals surface area contributed by atoms with Crippen molar-refractivity contribution in [1.29, 1.82) is 0 Å². The molecule has 0 aliphatic carbocycles. The molecule has 0 saturated carbocycles. The van der Waals surface area contributed by atoms with Gasteiger partial charge in [0.25, 0.3) is 0 Å². The molecular weight excluding hydrogens is 292 g/mol. The zero-order valence-electron chi connectivity index (χ0n) is 14.0. The van der Waals surface area contributed by atoms with Gasteiger partial charge in [-0.2, -0.15) is 5.10 Å². The number of rotatable bonds is 4. The van der Waals surface area contributed by atoms with Gasteiger partial charge in [-0.1, -0.05) is 0 Å². The number of aliphatic hydroxyl groups is 1. The van der Waals surface area contributed by atoms with Crippen molar-refractivity contribution < 1.29 is 5.11 Å². The van der Waals surface area contributed by atoms with Gasteiger partial charge in [0.05, 0.1) is 5.60 Å². The predicted octanol–water partition coefficient (Wildman–Crippen LogP) is 0.864. The number of likely N-dealkylation sites (N-methyl/N-ethyl adjacent to an activating group) is 1. The monoisotopic (exact) mass is 316 g/mol. The summed E-state index contributed by atoms with van der Waals surface area (Å²) in [6, 6.07) is 3.80. The van der Waals surface area contributed by atoms with Gasteiger partial charge in [-0.3, -0.25) is 0 Å². The van der Waals surface area contributed by atoms with E-state index >= 15 is 0 Å². The van der Waals surface area contributed by atoms with E-state index in [0.29, 0.717) is 18.9 Å². The first-order chi connectivity index (χ1) is 11.0. The van der Waals surface area contributed by atoms with Gasteiger partial charge in [-0.05, 0) is 39.9 Å². The van der Waals surface area contributed by atoms with E-state index in [9.17, 15) is 5.11 Å². The first kappa shape index (κ1) is 15.9. The van der Waals surface area contributed by atoms with Gasteiger partial charge < -0.3 is 14.9 Å². The highest BCUT2D eigenvalue weighted by Gasteiger charge is 2.34. The summed E-state index contributed by atoms with van der Waals surface area (Å²) in [4.78, 5) is 13.2. The lowest BCUT2D eigenvalue weighted by atomic mass is 9.92. The molecule has 3 rings (SSSR count). The minimum absolute atomic E-state index is 0.584. The summed E-state index contributed by atoms with van der Waals surface area (Å²) in [5, 5.41) is 15.1. The Morgan fingerprint density at radius 1 is 1.30 bits per heavy atom. The van der Waals surface area contributed by atoms with Crippen LogP contribution in [0.2, 0.25) is 0 Å². The third kappa shape index (κ3) is 3.68. The Labute approximate surface area is 136 Å². The Morgan fingerprint density at radius 3 is 2.78 bits per heavy atom. The zero-order valence-corrected chi connectivity index (χ0v) is 14.0. The van der Waals surface area contributed by atoms with E-state index in [4.69, 9.17) is 0 Å². The molecule has 1 aliphatic heterocycles. The van der Waals surface area contributed by atoms with Gasteiger partial charge in [0.2, 0.25) is 0 Å². The maximum atomic E-state index is 10.9. The largest absolute Gasteiger partial charge is 0.387 e. The van der Waals surface area contributed by atoms with E-state index in [0.717, 1.165) is 31.0 Å². The SMILES string of the molecule is Cc1nc(N2CCCC(O)(CN(C)C)C2)cc(-n2cccn2)n1. The summed E-state index contributed by atoms with van der Waals surface area (Å²) in [6.45, 7) is 4.01. The van der Waals surface area contributed by atoms with Crippen molar-refractivity contribution in [3.8, 4) is 5.82 Å². The Hall–Kier alpha value is -1.99. The van der Waals surface area contributed by atoms with E-state index in [1.807, 2.05) is 44.2 Å². The lowest BCUT2D eigenvalue weighted by Crippen LogP contribution is -2.53. The minimum atomic E-state index is -0.702. The molecule has 2 aromatic rings. The zero-order chi connectivity index (χ0) is 16.4. The highest BCUT2D eigenvalue weighted by molar-refractivity contribution is 5.45. The first-order valence-corrected chi connectivity index (χ1v) is 7.93. The molecule has 1 atom stereocenters. The van der Waals surface area contributed by atoms with Crippen LogP contribution in [0, 0.1) is 6.92 Å². The molecule has 1 N–H and O–H groups in total. The molecule has 7 heteroatoms. The summed E-state index contributed by atoms with van der Waals surface area (Å²) in [5.41, 5.74) is -0.702. The average molecular weight is 316 g/mol. The Balaban J connectivity index is 1.86. The normalized spacial score (nSPS) is 21.9. The van der Waals surface area contributed by atoms with Crippen LogP contribution in [-0.4, -0.2) is 69.1 Å². The summed E-state index contributed by atoms with van der Waals surface area (Å²) in [5.74, 6) is 2.30. The van der Waals surface area contributed by atoms with Crippen molar-refractivity contribution in [2.45, 2.75) is 25.4 Å². The maximum absolute atomic E-state index is 10.9. The fourth-order valence-electron chi connectivity index (χ4n) is 3.25. The van der Waals surface area contributed by atoms with E-state index in [2.05, 4.69) is 20.0 Å². The molecule has 0 spiro atoms. The molecule has 0 amide bonds. The van der Waals surface area contributed by atoms with Crippen LogP contribution in [-0.2, 0) is 0 Å². The minimum Gasteiger partial charge on any atom is -0.387 e. The van der Waals surface area contributed by atoms with Crippen LogP contribution in [0.5, 0.6) is 0 Å². The lowest BCUT2D eigenvalue weighted by Gasteiger charge is -2.41. The van der Waals surface area contributed by atoms with Crippen molar-refractivity contribution in [3.05, 3.63) is 30.4 Å². The first-order valence-electron chi connectivity index (χ1n) is 7.93. The molecule has 23 heavy (non-hydrogen) atoms. The fourth-order valence-corrected chi connectivity index (χ4v) is 3.25. The predicted molar refractivity (Wildman–Crippen MR) is 88.8 cm³/mol. The number of β-amino-alcohol motifs (C(OH)–C–C–N with tert-alkyl or cyclic N) is 1. The van der Waals surface area contributed by atoms with E-state index in [1.165, 1.54) is 0 Å². The van der Waals surface area contributed by atoms with Crippen LogP contribution >= 0.6 is 0 Å². The molecule has 124 valence electrons. The maximum Gasteiger partial charge on any atom is 0.159 e. The third-order valence-electron chi connectivity index (χ3n) is 4.04. The second-order valence-electron chi connectivity index (χ2n) is 6.57. The molecule has 0 bridgehead atoms. The van der Waals surface area contributed by atoms with Gasteiger partial charge >= 0.3 is 0 Å². The second kappa shape index (κ2) is 6.25. The number of piperidine rings is 1. The van der Waals surface area contributed by atoms with Crippen LogP contribution in [0.25, 0.3) is 5.82 Å². The molecule has 0 radical (unpaired) electrons. The van der Waals surface area contributed by atoms with Crippen LogP contribution in [0.3, 0.4) is 0 Å². The average Bonchev–Trinajstić information content (AvgIpc) is 2.99. The standard InChI is InChI=1S/C16H24N6O/c1-13-18-14(10-15(19-13)22-9-5-7-17-22)21-8-4-6-16(23,12-21)11-20(2)3/h5,7,9-10,23H,4,6,8,11-12H2,1-3H3. The molecule has 7 nitrogen and oxygen atoms in total. The number of aromatic nitrogens is 4. The summed E-state index contributed by atoms with van der Waals surface area (Å²) >= 11 is 0. The van der Waals surface area contributed by atoms with Crippen molar-refractivity contribution in [3.63, 3.8) is 0 Å². The molecule has 2 aromatic heterocycles. The second-order valence-corrected chi connectivity index (χ2v) is 6.57. The lowest BCUT2D eigenvalue weighted by molar-refractivity contribution is 0.00351. The van der Waals surface area contributed by atoms with Crippen molar-refractivity contribution >= 4 is 5.82 Å². The van der Waals surface area contributed by atoms with Crippen molar-refractivity contribution in [1.82, 2.24) is 24.6 Å². The Bertz CT molecular complexity index is 657. The fraction of sp³-hybridized carbons (Fsp3) is 0.562. The van der Waals surface area contributed by atoms with Crippen molar-refractivity contribution in [2.24, 2.45) is 0 Å². The quantitative estimate of drug-likeness (QED) is 0.902. The summed E-state index contributed by atoms with van der Waals surface area (Å²) < 4.78 is 1.73. The Morgan fingerprint density at radius 2 is 2.09 bits per heavy atom. The molecule has 3 heterocycles. The summed E-state index contributed by atoms with van der Waals surface area (Å²) in [6.07, 6.45) is 5.36. The van der Waals surface area contributed by atoms with Gasteiger partial charge in [-0.15, -0.1) is 0 Å². The number of nitrogens with zero attached hydrogens (tertiary/aromatic N) is 6. The van der Waals surface area contributed by atoms with E-state index in [-0.39, 0.29) is 0 Å². The van der Waals surface area contributed by atoms with E-state index < -0.39 is 5.60 Å².